The number of nitrogens with one attached hydrogen (secondary N) is 1. The number of halogens is 1. The van der Waals surface area contributed by atoms with Crippen LogP contribution in [0.25, 0.3) is 11.4 Å². The van der Waals surface area contributed by atoms with Crippen molar-refractivity contribution in [3.05, 3.63) is 59.1 Å². The van der Waals surface area contributed by atoms with Gasteiger partial charge in [-0.1, -0.05) is 35.5 Å². The summed E-state index contributed by atoms with van der Waals surface area (Å²) in [6.45, 7) is 5.50. The lowest BCUT2D eigenvalue weighted by Gasteiger charge is -2.14. The Kier molecular flexibility index (Phi) is 8.24. The predicted octanol–water partition coefficient (Wildman–Crippen LogP) is 4.48. The number of rotatable bonds is 9. The highest BCUT2D eigenvalue weighted by molar-refractivity contribution is 7.99. The Morgan fingerprint density at radius 2 is 1.88 bits per heavy atom. The fraction of sp³-hybridized carbons (Fsp3) is 0.261. The highest BCUT2D eigenvalue weighted by Gasteiger charge is 2.20. The first kappa shape index (κ1) is 24.5. The van der Waals surface area contributed by atoms with Gasteiger partial charge in [-0.2, -0.15) is 0 Å². The Labute approximate surface area is 200 Å². The second-order valence-corrected chi connectivity index (χ2v) is 8.48. The molecule has 1 heterocycles. The molecule has 1 aromatic heterocycles. The fourth-order valence-corrected chi connectivity index (χ4v) is 3.87. The van der Waals surface area contributed by atoms with Gasteiger partial charge in [0.2, 0.25) is 0 Å². The van der Waals surface area contributed by atoms with Gasteiger partial charge >= 0.3 is 5.97 Å². The van der Waals surface area contributed by atoms with Gasteiger partial charge in [-0.05, 0) is 57.2 Å². The smallest absolute Gasteiger partial charge is 0.317 e. The molecule has 0 radical (unpaired) electrons. The summed E-state index contributed by atoms with van der Waals surface area (Å²) in [5.41, 5.74) is 1.80. The molecular weight excluding hydrogens is 464 g/mol. The molecule has 1 atom stereocenters. The summed E-state index contributed by atoms with van der Waals surface area (Å²) in [5, 5.41) is 12.3. The Morgan fingerprint density at radius 3 is 2.55 bits per heavy atom. The molecular formula is C23H23ClN4O4S. The number of carbonyl (C=O) groups is 3. The largest absolute Gasteiger partial charge is 0.452 e. The van der Waals surface area contributed by atoms with Gasteiger partial charge in [0.15, 0.2) is 22.9 Å². The van der Waals surface area contributed by atoms with Gasteiger partial charge < -0.3 is 14.6 Å². The second-order valence-electron chi connectivity index (χ2n) is 7.10. The van der Waals surface area contributed by atoms with Gasteiger partial charge in [0.05, 0.1) is 5.75 Å². The summed E-state index contributed by atoms with van der Waals surface area (Å²) in [4.78, 5) is 36.2. The minimum atomic E-state index is -1.01. The van der Waals surface area contributed by atoms with E-state index in [2.05, 4.69) is 15.5 Å². The Bertz CT molecular complexity index is 1160. The molecule has 10 heteroatoms. The molecule has 3 rings (SSSR count). The van der Waals surface area contributed by atoms with Crippen LogP contribution >= 0.6 is 23.4 Å². The number of nitrogens with zero attached hydrogens (tertiary/aromatic N) is 3. The van der Waals surface area contributed by atoms with Crippen molar-refractivity contribution in [2.45, 2.75) is 38.6 Å². The summed E-state index contributed by atoms with van der Waals surface area (Å²) in [6, 6.07) is 13.8. The number of thioether (sulfide) groups is 1. The van der Waals surface area contributed by atoms with Gasteiger partial charge in [0.25, 0.3) is 5.91 Å². The van der Waals surface area contributed by atoms with Crippen molar-refractivity contribution in [3.63, 3.8) is 0 Å². The normalized spacial score (nSPS) is 11.6. The number of hydrogen-bond acceptors (Lipinski definition) is 7. The van der Waals surface area contributed by atoms with Crippen LogP contribution in [0.5, 0.6) is 0 Å². The molecule has 0 saturated carbocycles. The maximum Gasteiger partial charge on any atom is 0.317 e. The molecule has 2 aromatic carbocycles. The number of anilines is 1. The van der Waals surface area contributed by atoms with Crippen LogP contribution in [-0.2, 0) is 20.9 Å². The molecule has 0 aliphatic heterocycles. The summed E-state index contributed by atoms with van der Waals surface area (Å²) in [5.74, 6) is -0.516. The lowest BCUT2D eigenvalue weighted by atomic mass is 10.1. The van der Waals surface area contributed by atoms with Crippen LogP contribution in [0, 0.1) is 0 Å². The maximum absolute atomic E-state index is 12.4. The third-order valence-electron chi connectivity index (χ3n) is 4.67. The van der Waals surface area contributed by atoms with Crippen LogP contribution in [0.3, 0.4) is 0 Å². The summed E-state index contributed by atoms with van der Waals surface area (Å²) < 4.78 is 7.14. The zero-order valence-corrected chi connectivity index (χ0v) is 19.9. The predicted molar refractivity (Wildman–Crippen MR) is 127 cm³/mol. The molecule has 1 unspecified atom stereocenters. The van der Waals surface area contributed by atoms with Crippen molar-refractivity contribution in [2.75, 3.05) is 11.1 Å². The summed E-state index contributed by atoms with van der Waals surface area (Å²) in [7, 11) is 0. The highest BCUT2D eigenvalue weighted by atomic mass is 35.5. The number of amides is 1. The van der Waals surface area contributed by atoms with E-state index in [1.54, 1.807) is 36.4 Å². The van der Waals surface area contributed by atoms with Crippen LogP contribution in [0.1, 0.15) is 31.1 Å². The number of Topliss-reactive ketones (excluding diaryl/α,β-unsaturated/α-hetero) is 1. The monoisotopic (exact) mass is 486 g/mol. The van der Waals surface area contributed by atoms with Gasteiger partial charge in [-0.25, -0.2) is 0 Å². The minimum Gasteiger partial charge on any atom is -0.452 e. The van der Waals surface area contributed by atoms with Crippen LogP contribution < -0.4 is 5.32 Å². The van der Waals surface area contributed by atoms with Crippen LogP contribution in [0.15, 0.2) is 53.7 Å². The van der Waals surface area contributed by atoms with Crippen molar-refractivity contribution in [2.24, 2.45) is 0 Å². The number of ketones is 1. The van der Waals surface area contributed by atoms with E-state index in [1.807, 2.05) is 23.6 Å². The first-order chi connectivity index (χ1) is 15.8. The third kappa shape index (κ3) is 6.43. The molecule has 0 bridgehead atoms. The lowest BCUT2D eigenvalue weighted by Crippen LogP contribution is -2.30. The molecule has 0 fully saturated rings. The van der Waals surface area contributed by atoms with Gasteiger partial charge in [-0.15, -0.1) is 10.2 Å². The van der Waals surface area contributed by atoms with Crippen molar-refractivity contribution < 1.29 is 19.1 Å². The van der Waals surface area contributed by atoms with E-state index in [0.717, 1.165) is 5.56 Å². The second kappa shape index (κ2) is 11.1. The average molecular weight is 487 g/mol. The quantitative estimate of drug-likeness (QED) is 0.270. The first-order valence-electron chi connectivity index (χ1n) is 10.2. The molecule has 0 saturated heterocycles. The number of benzene rings is 2. The molecule has 3 aromatic rings. The number of esters is 1. The Balaban J connectivity index is 1.56. The third-order valence-corrected chi connectivity index (χ3v) is 5.86. The molecule has 33 heavy (non-hydrogen) atoms. The van der Waals surface area contributed by atoms with E-state index in [4.69, 9.17) is 16.3 Å². The molecule has 0 aliphatic rings. The van der Waals surface area contributed by atoms with Gasteiger partial charge in [-0.3, -0.25) is 14.4 Å². The van der Waals surface area contributed by atoms with Crippen LogP contribution in [0.4, 0.5) is 5.69 Å². The molecule has 0 aliphatic carbocycles. The molecule has 8 nitrogen and oxygen atoms in total. The van der Waals surface area contributed by atoms with Crippen molar-refractivity contribution in [1.82, 2.24) is 14.8 Å². The topological polar surface area (TPSA) is 103 Å². The zero-order chi connectivity index (χ0) is 24.0. The van der Waals surface area contributed by atoms with Gasteiger partial charge in [0, 0.05) is 28.4 Å². The Morgan fingerprint density at radius 1 is 1.15 bits per heavy atom. The van der Waals surface area contributed by atoms with Crippen molar-refractivity contribution in [1.29, 1.82) is 0 Å². The lowest BCUT2D eigenvalue weighted by molar-refractivity contribution is -0.150. The summed E-state index contributed by atoms with van der Waals surface area (Å²) >= 11 is 7.13. The van der Waals surface area contributed by atoms with E-state index < -0.39 is 18.0 Å². The average Bonchev–Trinajstić information content (AvgIpc) is 3.21. The maximum atomic E-state index is 12.4. The van der Waals surface area contributed by atoms with Crippen LogP contribution in [0.2, 0.25) is 5.02 Å². The van der Waals surface area contributed by atoms with E-state index in [-0.39, 0.29) is 11.5 Å². The fourth-order valence-electron chi connectivity index (χ4n) is 2.96. The molecule has 172 valence electrons. The standard InChI is InChI=1S/C23H23ClN4O4S/c1-4-28-21(16-8-10-18(24)11-9-16)26-27-23(28)33-13-20(30)32-15(3)22(31)25-19-7-5-6-17(12-19)14(2)29/h5-12,15H,4,13H2,1-3H3,(H,25,31). The first-order valence-corrected chi connectivity index (χ1v) is 11.6. The van der Waals surface area contributed by atoms with E-state index in [1.165, 1.54) is 25.6 Å². The number of aromatic nitrogens is 3. The highest BCUT2D eigenvalue weighted by Crippen LogP contribution is 2.25. The molecule has 1 N–H and O–H groups in total. The molecule has 0 spiro atoms. The van der Waals surface area contributed by atoms with Crippen molar-refractivity contribution in [3.8, 4) is 11.4 Å². The van der Waals surface area contributed by atoms with E-state index in [0.29, 0.717) is 33.8 Å². The number of ether oxygens (including phenoxy) is 1. The van der Waals surface area contributed by atoms with E-state index >= 15 is 0 Å². The number of hydrogen-bond donors (Lipinski definition) is 1. The summed E-state index contributed by atoms with van der Waals surface area (Å²) in [6.07, 6.45) is -1.01. The van der Waals surface area contributed by atoms with Gasteiger partial charge in [0.1, 0.15) is 0 Å². The SMILES string of the molecule is CCn1c(SCC(=O)OC(C)C(=O)Nc2cccc(C(C)=O)c2)nnc1-c1ccc(Cl)cc1. The zero-order valence-electron chi connectivity index (χ0n) is 18.4. The minimum absolute atomic E-state index is 0.0316. The molecule has 1 amide bonds. The van der Waals surface area contributed by atoms with Crippen LogP contribution in [-0.4, -0.2) is 44.3 Å². The van der Waals surface area contributed by atoms with Crippen molar-refractivity contribution >= 4 is 46.7 Å². The van der Waals surface area contributed by atoms with E-state index in [9.17, 15) is 14.4 Å². The number of carbonyl (C=O) groups excluding carboxylic acids is 3. The Hall–Kier alpha value is -3.17.